The molecule has 2 heteroatoms. The molecule has 1 spiro atoms. The van der Waals surface area contributed by atoms with Gasteiger partial charge in [-0.15, -0.1) is 0 Å². The monoisotopic (exact) mass is 844 g/mol. The lowest BCUT2D eigenvalue weighted by Crippen LogP contribution is -2.55. The first-order valence-electron chi connectivity index (χ1n) is 24.1. The van der Waals surface area contributed by atoms with Crippen molar-refractivity contribution in [3.63, 3.8) is 0 Å². The van der Waals surface area contributed by atoms with Crippen molar-refractivity contribution in [2.45, 2.75) is 37.5 Å². The number of benzene rings is 9. The molecular formula is C64H48N2. The summed E-state index contributed by atoms with van der Waals surface area (Å²) in [5, 5.41) is 5.23. The van der Waals surface area contributed by atoms with Crippen molar-refractivity contribution in [2.24, 2.45) is 23.7 Å². The molecule has 10 aromatic rings. The van der Waals surface area contributed by atoms with Crippen molar-refractivity contribution >= 4 is 21.5 Å². The van der Waals surface area contributed by atoms with E-state index < -0.39 is 0 Å². The van der Waals surface area contributed by atoms with E-state index in [1.807, 2.05) is 6.07 Å². The van der Waals surface area contributed by atoms with Gasteiger partial charge in [-0.2, -0.15) is 0 Å². The Kier molecular flexibility index (Phi) is 8.50. The second kappa shape index (κ2) is 14.8. The van der Waals surface area contributed by atoms with Gasteiger partial charge in [-0.1, -0.05) is 182 Å². The zero-order valence-corrected chi connectivity index (χ0v) is 36.9. The van der Waals surface area contributed by atoms with Crippen LogP contribution in [0.1, 0.15) is 43.2 Å². The minimum Gasteiger partial charge on any atom is -0.228 e. The van der Waals surface area contributed by atoms with Crippen molar-refractivity contribution in [2.75, 3.05) is 0 Å². The third-order valence-electron chi connectivity index (χ3n) is 16.3. The van der Waals surface area contributed by atoms with Gasteiger partial charge in [0.05, 0.1) is 11.4 Å². The van der Waals surface area contributed by atoms with E-state index in [9.17, 15) is 0 Å². The van der Waals surface area contributed by atoms with E-state index in [2.05, 4.69) is 200 Å². The summed E-state index contributed by atoms with van der Waals surface area (Å²) in [7, 11) is 0. The van der Waals surface area contributed by atoms with Crippen LogP contribution in [0.2, 0.25) is 0 Å². The second-order valence-electron chi connectivity index (χ2n) is 19.7. The standard InChI is InChI=1S/C64H48N2/c1-3-15-42(16-4-1)44-21-13-22-47(36-44)60-39-61(66-63(65-60)43-17-5-2-6-18-43)55-26-12-11-25-52(55)53-29-30-54(51-24-10-9-23-50(51)53)56-27-14-28-58-62(56)57-37-45-19-7-8-20-46(45)38-59(57)64(58)48-32-40-31-41(34-48)35-49(64)33-40/h1-30,36-41,48-49H,31-35H2. The molecule has 5 aliphatic rings. The summed E-state index contributed by atoms with van der Waals surface area (Å²) >= 11 is 0. The smallest absolute Gasteiger partial charge is 0.160 e. The molecule has 0 aliphatic heterocycles. The zero-order chi connectivity index (χ0) is 43.3. The van der Waals surface area contributed by atoms with E-state index in [4.69, 9.17) is 9.97 Å². The van der Waals surface area contributed by atoms with E-state index in [0.717, 1.165) is 51.0 Å². The molecule has 2 nitrogen and oxygen atoms in total. The summed E-state index contributed by atoms with van der Waals surface area (Å²) in [5.41, 5.74) is 18.5. The van der Waals surface area contributed by atoms with Crippen molar-refractivity contribution in [1.29, 1.82) is 0 Å². The van der Waals surface area contributed by atoms with Crippen molar-refractivity contribution in [1.82, 2.24) is 9.97 Å². The van der Waals surface area contributed by atoms with Gasteiger partial charge in [0.25, 0.3) is 0 Å². The molecule has 4 fully saturated rings. The minimum atomic E-state index is 0.0880. The van der Waals surface area contributed by atoms with Gasteiger partial charge >= 0.3 is 0 Å². The molecule has 0 radical (unpaired) electrons. The normalized spacial score (nSPS) is 21.1. The molecule has 0 unspecified atom stereocenters. The van der Waals surface area contributed by atoms with Crippen LogP contribution in [0.25, 0.3) is 100.0 Å². The maximum Gasteiger partial charge on any atom is 0.160 e. The molecule has 9 aromatic carbocycles. The fourth-order valence-electron chi connectivity index (χ4n) is 13.8. The van der Waals surface area contributed by atoms with Crippen LogP contribution in [-0.2, 0) is 5.41 Å². The number of hydrogen-bond donors (Lipinski definition) is 0. The lowest BCUT2D eigenvalue weighted by molar-refractivity contribution is -0.0398. The number of fused-ring (bicyclic) bond motifs is 5. The van der Waals surface area contributed by atoms with Crippen LogP contribution >= 0.6 is 0 Å². The molecule has 0 atom stereocenters. The van der Waals surface area contributed by atoms with Crippen LogP contribution in [0.4, 0.5) is 0 Å². The highest BCUT2D eigenvalue weighted by atomic mass is 14.9. The van der Waals surface area contributed by atoms with Crippen LogP contribution in [0, 0.1) is 23.7 Å². The Hall–Kier alpha value is -7.42. The molecule has 1 aromatic heterocycles. The predicted octanol–water partition coefficient (Wildman–Crippen LogP) is 16.5. The van der Waals surface area contributed by atoms with Crippen molar-refractivity contribution < 1.29 is 0 Å². The van der Waals surface area contributed by atoms with Gasteiger partial charge in [0.15, 0.2) is 5.82 Å². The molecule has 4 saturated carbocycles. The fourth-order valence-corrected chi connectivity index (χ4v) is 13.8. The van der Waals surface area contributed by atoms with E-state index in [-0.39, 0.29) is 5.41 Å². The van der Waals surface area contributed by atoms with E-state index in [1.54, 1.807) is 11.1 Å². The molecule has 1 heterocycles. The largest absolute Gasteiger partial charge is 0.228 e. The second-order valence-corrected chi connectivity index (χ2v) is 19.7. The van der Waals surface area contributed by atoms with Crippen LogP contribution in [0.3, 0.4) is 0 Å². The van der Waals surface area contributed by atoms with E-state index in [1.165, 1.54) is 87.0 Å². The Bertz CT molecular complexity index is 3520. The van der Waals surface area contributed by atoms with Crippen molar-refractivity contribution in [3.05, 3.63) is 217 Å². The van der Waals surface area contributed by atoms with E-state index in [0.29, 0.717) is 17.7 Å². The maximum atomic E-state index is 5.36. The fraction of sp³-hybridized carbons (Fsp3) is 0.156. The minimum absolute atomic E-state index is 0.0880. The summed E-state index contributed by atoms with van der Waals surface area (Å²) in [6, 6.07) is 76.2. The molecule has 5 aliphatic carbocycles. The van der Waals surface area contributed by atoms with Gasteiger partial charge in [0.2, 0.25) is 0 Å². The van der Waals surface area contributed by atoms with Crippen molar-refractivity contribution in [3.8, 4) is 78.4 Å². The number of nitrogens with zero attached hydrogens (tertiary/aromatic N) is 2. The molecule has 4 bridgehead atoms. The quantitative estimate of drug-likeness (QED) is 0.167. The van der Waals surface area contributed by atoms with Crippen LogP contribution in [0.15, 0.2) is 206 Å². The Balaban J connectivity index is 0.943. The summed E-state index contributed by atoms with van der Waals surface area (Å²) < 4.78 is 0. The molecule has 66 heavy (non-hydrogen) atoms. The highest BCUT2D eigenvalue weighted by molar-refractivity contribution is 6.10. The van der Waals surface area contributed by atoms with Gasteiger partial charge in [-0.3, -0.25) is 0 Å². The highest BCUT2D eigenvalue weighted by Gasteiger charge is 2.61. The van der Waals surface area contributed by atoms with Gasteiger partial charge in [0, 0.05) is 22.1 Å². The van der Waals surface area contributed by atoms with Crippen LogP contribution in [-0.4, -0.2) is 9.97 Å². The van der Waals surface area contributed by atoms with Gasteiger partial charge in [0.1, 0.15) is 0 Å². The first-order chi connectivity index (χ1) is 32.7. The predicted molar refractivity (Wildman–Crippen MR) is 273 cm³/mol. The average Bonchev–Trinajstić information content (AvgIpc) is 3.66. The van der Waals surface area contributed by atoms with Gasteiger partial charge in [-0.05, 0) is 157 Å². The summed E-state index contributed by atoms with van der Waals surface area (Å²) in [5.74, 6) is 3.93. The van der Waals surface area contributed by atoms with E-state index >= 15 is 0 Å². The molecule has 0 saturated heterocycles. The lowest BCUT2D eigenvalue weighted by atomic mass is 9.43. The number of aromatic nitrogens is 2. The maximum absolute atomic E-state index is 5.36. The topological polar surface area (TPSA) is 25.8 Å². The number of rotatable bonds is 6. The Morgan fingerprint density at radius 1 is 0.333 bits per heavy atom. The molecule has 0 amide bonds. The average molecular weight is 845 g/mol. The first kappa shape index (κ1) is 37.9. The molecule has 314 valence electrons. The third kappa shape index (κ3) is 5.73. The highest BCUT2D eigenvalue weighted by Crippen LogP contribution is 2.70. The molecule has 0 N–H and O–H groups in total. The SMILES string of the molecule is c1ccc(-c2cccc(-c3cc(-c4ccccc4-c4ccc(-c5cccc6c5-c5cc7ccccc7cc5C65C6CC7CC(C6)CC5C7)c5ccccc45)nc(-c4ccccc4)n3)c2)cc1. The third-order valence-corrected chi connectivity index (χ3v) is 16.3. The summed E-state index contributed by atoms with van der Waals surface area (Å²) in [6.07, 6.45) is 6.96. The first-order valence-corrected chi connectivity index (χ1v) is 24.1. The summed E-state index contributed by atoms with van der Waals surface area (Å²) in [4.78, 5) is 10.6. The van der Waals surface area contributed by atoms with Gasteiger partial charge in [-0.25, -0.2) is 9.97 Å². The molecule has 15 rings (SSSR count). The lowest BCUT2D eigenvalue weighted by Gasteiger charge is -2.61. The van der Waals surface area contributed by atoms with Gasteiger partial charge < -0.3 is 0 Å². The Morgan fingerprint density at radius 2 is 0.879 bits per heavy atom. The summed E-state index contributed by atoms with van der Waals surface area (Å²) in [6.45, 7) is 0. The Morgan fingerprint density at radius 3 is 1.61 bits per heavy atom. The number of hydrogen-bond acceptors (Lipinski definition) is 2. The van der Waals surface area contributed by atoms with Crippen LogP contribution < -0.4 is 0 Å². The van der Waals surface area contributed by atoms with Crippen LogP contribution in [0.5, 0.6) is 0 Å². The Labute approximate surface area is 386 Å². The zero-order valence-electron chi connectivity index (χ0n) is 36.9. The molecular weight excluding hydrogens is 797 g/mol.